The summed E-state index contributed by atoms with van der Waals surface area (Å²) in [6.45, 7) is 8.65. The van der Waals surface area contributed by atoms with Gasteiger partial charge in [0.2, 0.25) is 5.91 Å². The molecule has 0 spiro atoms. The molecule has 5 heteroatoms. The Kier molecular flexibility index (Phi) is 5.18. The van der Waals surface area contributed by atoms with E-state index in [0.717, 1.165) is 30.9 Å². The van der Waals surface area contributed by atoms with E-state index < -0.39 is 0 Å². The Morgan fingerprint density at radius 2 is 2.15 bits per heavy atom. The first-order valence-electron chi connectivity index (χ1n) is 7.21. The van der Waals surface area contributed by atoms with Crippen molar-refractivity contribution in [1.82, 2.24) is 4.90 Å². The van der Waals surface area contributed by atoms with Crippen LogP contribution in [0.4, 0.5) is 5.00 Å². The van der Waals surface area contributed by atoms with E-state index in [1.165, 1.54) is 16.0 Å². The van der Waals surface area contributed by atoms with E-state index in [9.17, 15) is 9.90 Å². The normalized spacial score (nSPS) is 20.1. The number of aryl methyl sites for hydroxylation is 1. The predicted molar refractivity (Wildman–Crippen MR) is 83.4 cm³/mol. The van der Waals surface area contributed by atoms with Crippen molar-refractivity contribution in [2.45, 2.75) is 33.6 Å². The smallest absolute Gasteiger partial charge is 0.239 e. The van der Waals surface area contributed by atoms with E-state index in [0.29, 0.717) is 12.5 Å². The fourth-order valence-electron chi connectivity index (χ4n) is 2.67. The van der Waals surface area contributed by atoms with Crippen molar-refractivity contribution >= 4 is 22.2 Å². The largest absolute Gasteiger partial charge is 0.396 e. The lowest BCUT2D eigenvalue weighted by Gasteiger charge is -2.31. The lowest BCUT2D eigenvalue weighted by atomic mass is 9.99. The zero-order chi connectivity index (χ0) is 14.7. The van der Waals surface area contributed by atoms with Gasteiger partial charge >= 0.3 is 0 Å². The number of aliphatic hydroxyl groups is 1. The molecular formula is C15H24N2O2S. The quantitative estimate of drug-likeness (QED) is 0.896. The van der Waals surface area contributed by atoms with Crippen molar-refractivity contribution in [2.24, 2.45) is 5.92 Å². The number of thiophene rings is 1. The van der Waals surface area contributed by atoms with Gasteiger partial charge < -0.3 is 10.4 Å². The minimum Gasteiger partial charge on any atom is -0.396 e. The average Bonchev–Trinajstić information content (AvgIpc) is 2.66. The second kappa shape index (κ2) is 6.70. The highest BCUT2D eigenvalue weighted by molar-refractivity contribution is 7.16. The summed E-state index contributed by atoms with van der Waals surface area (Å²) < 4.78 is 0. The highest BCUT2D eigenvalue weighted by Crippen LogP contribution is 2.31. The molecule has 0 aliphatic carbocycles. The van der Waals surface area contributed by atoms with Crippen LogP contribution in [0.2, 0.25) is 0 Å². The number of nitrogens with one attached hydrogen (secondary N) is 1. The van der Waals surface area contributed by atoms with Crippen LogP contribution in [0.5, 0.6) is 0 Å². The summed E-state index contributed by atoms with van der Waals surface area (Å²) in [4.78, 5) is 15.5. The number of amides is 1. The highest BCUT2D eigenvalue weighted by Gasteiger charge is 2.21. The Bertz CT molecular complexity index is 484. The Morgan fingerprint density at radius 1 is 1.40 bits per heavy atom. The maximum atomic E-state index is 12.1. The van der Waals surface area contributed by atoms with E-state index >= 15 is 0 Å². The van der Waals surface area contributed by atoms with Gasteiger partial charge in [0.05, 0.1) is 11.5 Å². The first kappa shape index (κ1) is 15.5. The first-order valence-corrected chi connectivity index (χ1v) is 8.02. The predicted octanol–water partition coefficient (Wildman–Crippen LogP) is 2.32. The minimum atomic E-state index is 0.0490. The Morgan fingerprint density at radius 3 is 2.75 bits per heavy atom. The zero-order valence-corrected chi connectivity index (χ0v) is 13.3. The van der Waals surface area contributed by atoms with Crippen molar-refractivity contribution in [3.8, 4) is 0 Å². The first-order chi connectivity index (χ1) is 9.51. The molecule has 0 aromatic carbocycles. The molecule has 0 radical (unpaired) electrons. The van der Waals surface area contributed by atoms with Crippen LogP contribution in [0.25, 0.3) is 0 Å². The van der Waals surface area contributed by atoms with Gasteiger partial charge in [-0.1, -0.05) is 0 Å². The van der Waals surface area contributed by atoms with Crippen LogP contribution in [0.3, 0.4) is 0 Å². The molecule has 4 nitrogen and oxygen atoms in total. The maximum absolute atomic E-state index is 12.1. The average molecular weight is 296 g/mol. The van der Waals surface area contributed by atoms with Gasteiger partial charge in [0.25, 0.3) is 0 Å². The maximum Gasteiger partial charge on any atom is 0.239 e. The van der Waals surface area contributed by atoms with Gasteiger partial charge in [-0.15, -0.1) is 11.3 Å². The van der Waals surface area contributed by atoms with Crippen molar-refractivity contribution in [1.29, 1.82) is 0 Å². The molecule has 1 aromatic rings. The topological polar surface area (TPSA) is 52.6 Å². The molecule has 1 aromatic heterocycles. The number of likely N-dealkylation sites (tertiary alicyclic amines) is 1. The fourth-order valence-corrected chi connectivity index (χ4v) is 3.76. The number of hydrogen-bond acceptors (Lipinski definition) is 4. The number of anilines is 1. The monoisotopic (exact) mass is 296 g/mol. The molecule has 0 saturated carbocycles. The fraction of sp³-hybridized carbons (Fsp3) is 0.667. The molecule has 112 valence electrons. The second-order valence-electron chi connectivity index (χ2n) is 5.71. The van der Waals surface area contributed by atoms with Crippen LogP contribution >= 0.6 is 11.3 Å². The van der Waals surface area contributed by atoms with Crippen LogP contribution in [0.1, 0.15) is 28.8 Å². The van der Waals surface area contributed by atoms with Crippen molar-refractivity contribution < 1.29 is 9.90 Å². The van der Waals surface area contributed by atoms with Crippen LogP contribution < -0.4 is 5.32 Å². The summed E-state index contributed by atoms with van der Waals surface area (Å²) in [5, 5.41) is 13.2. The molecule has 1 atom stereocenters. The molecule has 0 bridgehead atoms. The standard InChI is InChI=1S/C15H24N2O2S/c1-10-11(2)15(20-12(10)3)16-14(19)8-17-6-4-5-13(7-17)9-18/h13,18H,4-9H2,1-3H3,(H,16,19). The van der Waals surface area contributed by atoms with Gasteiger partial charge in [-0.05, 0) is 57.2 Å². The summed E-state index contributed by atoms with van der Waals surface area (Å²) in [6, 6.07) is 0. The molecule has 2 rings (SSSR count). The van der Waals surface area contributed by atoms with E-state index in [1.54, 1.807) is 11.3 Å². The summed E-state index contributed by atoms with van der Waals surface area (Å²) in [6.07, 6.45) is 2.13. The number of carbonyl (C=O) groups is 1. The third-order valence-corrected chi connectivity index (χ3v) is 5.39. The van der Waals surface area contributed by atoms with Gasteiger partial charge in [-0.2, -0.15) is 0 Å². The number of aliphatic hydroxyl groups excluding tert-OH is 1. The molecule has 1 fully saturated rings. The number of rotatable bonds is 4. The van der Waals surface area contributed by atoms with E-state index in [-0.39, 0.29) is 12.5 Å². The molecular weight excluding hydrogens is 272 g/mol. The van der Waals surface area contributed by atoms with Gasteiger partial charge in [-0.25, -0.2) is 0 Å². The third kappa shape index (κ3) is 3.59. The van der Waals surface area contributed by atoms with Crippen LogP contribution in [-0.4, -0.2) is 42.2 Å². The minimum absolute atomic E-state index is 0.0490. The molecule has 1 aliphatic rings. The molecule has 2 heterocycles. The molecule has 1 amide bonds. The lowest BCUT2D eigenvalue weighted by molar-refractivity contribution is -0.117. The summed E-state index contributed by atoms with van der Waals surface area (Å²) in [7, 11) is 0. The van der Waals surface area contributed by atoms with E-state index in [2.05, 4.69) is 31.0 Å². The van der Waals surface area contributed by atoms with E-state index in [1.807, 2.05) is 0 Å². The summed E-state index contributed by atoms with van der Waals surface area (Å²) >= 11 is 1.65. The molecule has 2 N–H and O–H groups in total. The van der Waals surface area contributed by atoms with Crippen molar-refractivity contribution in [3.05, 3.63) is 16.0 Å². The molecule has 1 saturated heterocycles. The number of carbonyl (C=O) groups excluding carboxylic acids is 1. The lowest BCUT2D eigenvalue weighted by Crippen LogP contribution is -2.41. The second-order valence-corrected chi connectivity index (χ2v) is 6.94. The van der Waals surface area contributed by atoms with Gasteiger partial charge in [0.15, 0.2) is 0 Å². The van der Waals surface area contributed by atoms with Gasteiger partial charge in [0, 0.05) is 18.0 Å². The number of hydrogen-bond donors (Lipinski definition) is 2. The van der Waals surface area contributed by atoms with Crippen molar-refractivity contribution in [3.63, 3.8) is 0 Å². The highest BCUT2D eigenvalue weighted by atomic mass is 32.1. The summed E-state index contributed by atoms with van der Waals surface area (Å²) in [5.41, 5.74) is 2.44. The Labute approximate surface area is 124 Å². The molecule has 1 aliphatic heterocycles. The summed E-state index contributed by atoms with van der Waals surface area (Å²) in [5.74, 6) is 0.373. The zero-order valence-electron chi connectivity index (χ0n) is 12.5. The van der Waals surface area contributed by atoms with Crippen LogP contribution in [0.15, 0.2) is 0 Å². The van der Waals surface area contributed by atoms with Crippen LogP contribution in [-0.2, 0) is 4.79 Å². The van der Waals surface area contributed by atoms with Gasteiger partial charge in [-0.3, -0.25) is 9.69 Å². The third-order valence-electron chi connectivity index (χ3n) is 4.17. The van der Waals surface area contributed by atoms with Gasteiger partial charge in [0.1, 0.15) is 0 Å². The Hall–Kier alpha value is -0.910. The SMILES string of the molecule is Cc1sc(NC(=O)CN2CCCC(CO)C2)c(C)c1C. The molecule has 20 heavy (non-hydrogen) atoms. The van der Waals surface area contributed by atoms with E-state index in [4.69, 9.17) is 0 Å². The van der Waals surface area contributed by atoms with Crippen LogP contribution in [0, 0.1) is 26.7 Å². The molecule has 1 unspecified atom stereocenters. The van der Waals surface area contributed by atoms with Crippen molar-refractivity contribution in [2.75, 3.05) is 31.6 Å². The Balaban J connectivity index is 1.90. The number of nitrogens with zero attached hydrogens (tertiary/aromatic N) is 1. The number of piperidine rings is 1.